The Morgan fingerprint density at radius 1 is 0.957 bits per heavy atom. The third-order valence-electron chi connectivity index (χ3n) is 3.85. The number of amides is 2. The van der Waals surface area contributed by atoms with E-state index in [4.69, 9.17) is 0 Å². The van der Waals surface area contributed by atoms with Crippen LogP contribution in [0.3, 0.4) is 0 Å². The SMILES string of the molecule is O=C(Nc1cccc(F)c1)c1cccc(C(=O)N2CCCC2)c1. The summed E-state index contributed by atoms with van der Waals surface area (Å²) in [6.07, 6.45) is 2.04. The molecule has 1 aliphatic heterocycles. The molecule has 1 saturated heterocycles. The molecule has 23 heavy (non-hydrogen) atoms. The molecule has 1 N–H and O–H groups in total. The fraction of sp³-hybridized carbons (Fsp3) is 0.222. The van der Waals surface area contributed by atoms with Crippen molar-refractivity contribution in [2.24, 2.45) is 0 Å². The average Bonchev–Trinajstić information content (AvgIpc) is 3.09. The van der Waals surface area contributed by atoms with Gasteiger partial charge in [-0.05, 0) is 49.2 Å². The summed E-state index contributed by atoms with van der Waals surface area (Å²) in [5.41, 5.74) is 1.25. The van der Waals surface area contributed by atoms with Gasteiger partial charge in [0.2, 0.25) is 0 Å². The molecular formula is C18H17FN2O2. The number of nitrogens with zero attached hydrogens (tertiary/aromatic N) is 1. The molecule has 2 amide bonds. The zero-order valence-corrected chi connectivity index (χ0v) is 12.6. The molecular weight excluding hydrogens is 295 g/mol. The van der Waals surface area contributed by atoms with Crippen molar-refractivity contribution in [1.29, 1.82) is 0 Å². The predicted octanol–water partition coefficient (Wildman–Crippen LogP) is 3.31. The van der Waals surface area contributed by atoms with Crippen molar-refractivity contribution in [3.8, 4) is 0 Å². The molecule has 1 aliphatic rings. The molecule has 5 heteroatoms. The summed E-state index contributed by atoms with van der Waals surface area (Å²) in [7, 11) is 0. The van der Waals surface area contributed by atoms with Gasteiger partial charge in [0.15, 0.2) is 0 Å². The van der Waals surface area contributed by atoms with Crippen molar-refractivity contribution < 1.29 is 14.0 Å². The van der Waals surface area contributed by atoms with Crippen molar-refractivity contribution in [2.45, 2.75) is 12.8 Å². The molecule has 0 unspecified atom stereocenters. The van der Waals surface area contributed by atoms with Crippen LogP contribution < -0.4 is 5.32 Å². The summed E-state index contributed by atoms with van der Waals surface area (Å²) in [5, 5.41) is 2.63. The lowest BCUT2D eigenvalue weighted by molar-refractivity contribution is 0.0793. The van der Waals surface area contributed by atoms with E-state index in [1.165, 1.54) is 18.2 Å². The van der Waals surface area contributed by atoms with Crippen molar-refractivity contribution >= 4 is 17.5 Å². The number of benzene rings is 2. The minimum atomic E-state index is -0.416. The normalized spacial score (nSPS) is 13.9. The van der Waals surface area contributed by atoms with E-state index >= 15 is 0 Å². The predicted molar refractivity (Wildman–Crippen MR) is 85.9 cm³/mol. The van der Waals surface area contributed by atoms with Gasteiger partial charge in [0.05, 0.1) is 0 Å². The number of nitrogens with one attached hydrogen (secondary N) is 1. The first kappa shape index (κ1) is 15.2. The molecule has 0 saturated carbocycles. The fourth-order valence-electron chi connectivity index (χ4n) is 2.67. The van der Waals surface area contributed by atoms with E-state index in [1.54, 1.807) is 35.2 Å². The molecule has 0 atom stereocenters. The maximum absolute atomic E-state index is 13.2. The van der Waals surface area contributed by atoms with Gasteiger partial charge in [-0.25, -0.2) is 4.39 Å². The standard InChI is InChI=1S/C18H17FN2O2/c19-15-7-4-8-16(12-15)20-17(22)13-5-3-6-14(11-13)18(23)21-9-1-2-10-21/h3-8,11-12H,1-2,9-10H2,(H,20,22). The highest BCUT2D eigenvalue weighted by molar-refractivity contribution is 6.06. The monoisotopic (exact) mass is 312 g/mol. The molecule has 0 aromatic heterocycles. The Morgan fingerprint density at radius 3 is 2.39 bits per heavy atom. The molecule has 4 nitrogen and oxygen atoms in total. The quantitative estimate of drug-likeness (QED) is 0.945. The Labute approximate surface area is 133 Å². The Hall–Kier alpha value is -2.69. The Kier molecular flexibility index (Phi) is 4.37. The summed E-state index contributed by atoms with van der Waals surface area (Å²) in [5.74, 6) is -0.838. The van der Waals surface area contributed by atoms with E-state index in [1.807, 2.05) is 0 Å². The van der Waals surface area contributed by atoms with Crippen LogP contribution in [0.15, 0.2) is 48.5 Å². The number of anilines is 1. The van der Waals surface area contributed by atoms with E-state index in [2.05, 4.69) is 5.32 Å². The second-order valence-corrected chi connectivity index (χ2v) is 5.54. The van der Waals surface area contributed by atoms with Crippen molar-refractivity contribution in [1.82, 2.24) is 4.90 Å². The van der Waals surface area contributed by atoms with Crippen LogP contribution in [0.1, 0.15) is 33.6 Å². The molecule has 1 heterocycles. The number of hydrogen-bond acceptors (Lipinski definition) is 2. The molecule has 0 spiro atoms. The van der Waals surface area contributed by atoms with E-state index in [0.29, 0.717) is 16.8 Å². The third-order valence-corrected chi connectivity index (χ3v) is 3.85. The first-order chi connectivity index (χ1) is 11.1. The minimum absolute atomic E-state index is 0.0529. The fourth-order valence-corrected chi connectivity index (χ4v) is 2.67. The van der Waals surface area contributed by atoms with Crippen molar-refractivity contribution in [2.75, 3.05) is 18.4 Å². The van der Waals surface area contributed by atoms with Crippen LogP contribution in [0.25, 0.3) is 0 Å². The Balaban J connectivity index is 1.76. The molecule has 118 valence electrons. The van der Waals surface area contributed by atoms with E-state index in [9.17, 15) is 14.0 Å². The van der Waals surface area contributed by atoms with Crippen molar-refractivity contribution in [3.05, 3.63) is 65.5 Å². The van der Waals surface area contributed by atoms with Crippen molar-refractivity contribution in [3.63, 3.8) is 0 Å². The molecule has 2 aromatic rings. The minimum Gasteiger partial charge on any atom is -0.339 e. The smallest absolute Gasteiger partial charge is 0.255 e. The summed E-state index contributed by atoms with van der Waals surface area (Å²) in [6.45, 7) is 1.52. The largest absolute Gasteiger partial charge is 0.339 e. The van der Waals surface area contributed by atoms with Gasteiger partial charge in [-0.1, -0.05) is 12.1 Å². The van der Waals surface area contributed by atoms with Gasteiger partial charge >= 0.3 is 0 Å². The van der Waals surface area contributed by atoms with Crippen LogP contribution in [0, 0.1) is 5.82 Å². The first-order valence-electron chi connectivity index (χ1n) is 7.60. The number of carbonyl (C=O) groups is 2. The van der Waals surface area contributed by atoms with Crippen LogP contribution in [0.4, 0.5) is 10.1 Å². The highest BCUT2D eigenvalue weighted by atomic mass is 19.1. The molecule has 3 rings (SSSR count). The van der Waals surface area contributed by atoms with E-state index in [-0.39, 0.29) is 11.8 Å². The van der Waals surface area contributed by atoms with Gasteiger partial charge < -0.3 is 10.2 Å². The second kappa shape index (κ2) is 6.60. The highest BCUT2D eigenvalue weighted by Gasteiger charge is 2.20. The topological polar surface area (TPSA) is 49.4 Å². The van der Waals surface area contributed by atoms with Gasteiger partial charge in [-0.3, -0.25) is 9.59 Å². The van der Waals surface area contributed by atoms with Crippen LogP contribution in [0.5, 0.6) is 0 Å². The maximum Gasteiger partial charge on any atom is 0.255 e. The number of carbonyl (C=O) groups excluding carboxylic acids is 2. The van der Waals surface area contributed by atoms with Gasteiger partial charge in [-0.2, -0.15) is 0 Å². The summed E-state index contributed by atoms with van der Waals surface area (Å²) in [4.78, 5) is 26.4. The molecule has 0 bridgehead atoms. The lowest BCUT2D eigenvalue weighted by Gasteiger charge is -2.15. The maximum atomic E-state index is 13.2. The highest BCUT2D eigenvalue weighted by Crippen LogP contribution is 2.16. The number of halogens is 1. The molecule has 2 aromatic carbocycles. The number of likely N-dealkylation sites (tertiary alicyclic amines) is 1. The molecule has 1 fully saturated rings. The summed E-state index contributed by atoms with van der Waals surface area (Å²) in [6, 6.07) is 12.3. The second-order valence-electron chi connectivity index (χ2n) is 5.54. The zero-order chi connectivity index (χ0) is 16.2. The first-order valence-corrected chi connectivity index (χ1v) is 7.60. The zero-order valence-electron chi connectivity index (χ0n) is 12.6. The van der Waals surface area contributed by atoms with Crippen LogP contribution in [-0.2, 0) is 0 Å². The average molecular weight is 312 g/mol. The lowest BCUT2D eigenvalue weighted by Crippen LogP contribution is -2.27. The third kappa shape index (κ3) is 3.56. The summed E-state index contributed by atoms with van der Waals surface area (Å²) < 4.78 is 13.2. The van der Waals surface area contributed by atoms with E-state index in [0.717, 1.165) is 25.9 Å². The van der Waals surface area contributed by atoms with Crippen LogP contribution >= 0.6 is 0 Å². The Bertz CT molecular complexity index is 739. The molecule has 0 radical (unpaired) electrons. The van der Waals surface area contributed by atoms with Gasteiger partial charge in [0.1, 0.15) is 5.82 Å². The number of rotatable bonds is 3. The van der Waals surface area contributed by atoms with Crippen LogP contribution in [-0.4, -0.2) is 29.8 Å². The van der Waals surface area contributed by atoms with Crippen LogP contribution in [0.2, 0.25) is 0 Å². The van der Waals surface area contributed by atoms with E-state index < -0.39 is 5.82 Å². The summed E-state index contributed by atoms with van der Waals surface area (Å²) >= 11 is 0. The van der Waals surface area contributed by atoms with Gasteiger partial charge in [-0.15, -0.1) is 0 Å². The number of hydrogen-bond donors (Lipinski definition) is 1. The Morgan fingerprint density at radius 2 is 1.65 bits per heavy atom. The van der Waals surface area contributed by atoms with Gasteiger partial charge in [0.25, 0.3) is 11.8 Å². The lowest BCUT2D eigenvalue weighted by atomic mass is 10.1. The van der Waals surface area contributed by atoms with Gasteiger partial charge in [0, 0.05) is 29.9 Å². The molecule has 0 aliphatic carbocycles.